The van der Waals surface area contributed by atoms with Crippen molar-refractivity contribution in [1.82, 2.24) is 5.32 Å². The topological polar surface area (TPSA) is 50.7 Å². The summed E-state index contributed by atoms with van der Waals surface area (Å²) in [6, 6.07) is 3.52. The first-order valence-corrected chi connectivity index (χ1v) is 6.38. The first-order valence-electron chi connectivity index (χ1n) is 6.00. The second-order valence-electron chi connectivity index (χ2n) is 4.49. The highest BCUT2D eigenvalue weighted by Crippen LogP contribution is 2.31. The molecule has 1 fully saturated rings. The number of aliphatic imine (C=N–C) groups is 1. The van der Waals surface area contributed by atoms with Crippen molar-refractivity contribution in [3.05, 3.63) is 28.3 Å². The van der Waals surface area contributed by atoms with E-state index in [0.717, 1.165) is 25.1 Å². The second-order valence-corrected chi connectivity index (χ2v) is 4.90. The fourth-order valence-corrected chi connectivity index (χ4v) is 2.47. The van der Waals surface area contributed by atoms with Gasteiger partial charge in [-0.25, -0.2) is 4.99 Å². The lowest BCUT2D eigenvalue weighted by atomic mass is 10.0. The maximum absolute atomic E-state index is 11.6. The highest BCUT2D eigenvalue weighted by molar-refractivity contribution is 6.32. The Morgan fingerprint density at radius 2 is 2.33 bits per heavy atom. The predicted octanol–water partition coefficient (Wildman–Crippen LogP) is 1.85. The lowest BCUT2D eigenvalue weighted by Gasteiger charge is -2.17. The lowest BCUT2D eigenvalue weighted by molar-refractivity contribution is 0.100. The molecule has 18 heavy (non-hydrogen) atoms. The van der Waals surface area contributed by atoms with Crippen molar-refractivity contribution in [1.29, 1.82) is 0 Å². The molecular weight excluding hydrogens is 252 g/mol. The molecular formula is C13H13ClN2O2. The summed E-state index contributed by atoms with van der Waals surface area (Å²) in [5.74, 6) is 0.430. The van der Waals surface area contributed by atoms with Crippen LogP contribution in [0.15, 0.2) is 17.1 Å². The third-order valence-corrected chi connectivity index (χ3v) is 3.51. The van der Waals surface area contributed by atoms with E-state index < -0.39 is 0 Å². The number of rotatable bonds is 2. The van der Waals surface area contributed by atoms with Gasteiger partial charge in [0.2, 0.25) is 0 Å². The Bertz CT molecular complexity index is 522. The molecule has 2 aliphatic rings. The largest absolute Gasteiger partial charge is 0.487 e. The van der Waals surface area contributed by atoms with Gasteiger partial charge in [0.05, 0.1) is 5.02 Å². The normalized spacial score (nSPS) is 22.1. The van der Waals surface area contributed by atoms with Crippen LogP contribution in [0.3, 0.4) is 0 Å². The van der Waals surface area contributed by atoms with E-state index in [-0.39, 0.29) is 12.0 Å². The van der Waals surface area contributed by atoms with E-state index >= 15 is 0 Å². The molecule has 94 valence electrons. The third-order valence-electron chi connectivity index (χ3n) is 3.22. The molecule has 1 aromatic carbocycles. The molecule has 0 aromatic heterocycles. The maximum atomic E-state index is 11.6. The number of carbonyl (C=O) groups is 1. The minimum Gasteiger partial charge on any atom is -0.487 e. The van der Waals surface area contributed by atoms with Crippen LogP contribution in [0.4, 0.5) is 0 Å². The smallest absolute Gasteiger partial charge is 0.276 e. The summed E-state index contributed by atoms with van der Waals surface area (Å²) < 4.78 is 5.86. The van der Waals surface area contributed by atoms with Crippen molar-refractivity contribution in [2.45, 2.75) is 18.9 Å². The van der Waals surface area contributed by atoms with Crippen molar-refractivity contribution in [3.8, 4) is 5.75 Å². The molecule has 0 bridgehead atoms. The summed E-state index contributed by atoms with van der Waals surface area (Å²) in [5.41, 5.74) is 1.51. The van der Waals surface area contributed by atoms with Gasteiger partial charge in [0, 0.05) is 24.7 Å². The zero-order chi connectivity index (χ0) is 12.5. The molecule has 1 saturated heterocycles. The number of carbonyl (C=O) groups excluding carboxylic acids is 1. The standard InChI is InChI=1S/C13H13ClN2O2/c14-11-6-10-8(1-4-16-13(10)17)5-12(11)18-9-2-3-15-7-9/h4-6,9,15H,1-3,7H2/t9-/m0/s1. The van der Waals surface area contributed by atoms with Gasteiger partial charge in [-0.05, 0) is 30.7 Å². The highest BCUT2D eigenvalue weighted by Gasteiger charge is 2.21. The number of ether oxygens (including phenoxy) is 1. The number of benzene rings is 1. The Morgan fingerprint density at radius 1 is 1.44 bits per heavy atom. The van der Waals surface area contributed by atoms with Crippen LogP contribution < -0.4 is 10.1 Å². The molecule has 5 heteroatoms. The molecule has 0 saturated carbocycles. The Morgan fingerprint density at radius 3 is 3.11 bits per heavy atom. The molecule has 1 N–H and O–H groups in total. The van der Waals surface area contributed by atoms with Gasteiger partial charge >= 0.3 is 0 Å². The zero-order valence-electron chi connectivity index (χ0n) is 9.78. The van der Waals surface area contributed by atoms with Crippen molar-refractivity contribution < 1.29 is 9.53 Å². The molecule has 0 unspecified atom stereocenters. The molecule has 0 aliphatic carbocycles. The third kappa shape index (κ3) is 2.13. The van der Waals surface area contributed by atoms with E-state index in [0.29, 0.717) is 22.8 Å². The van der Waals surface area contributed by atoms with Crippen molar-refractivity contribution in [2.24, 2.45) is 4.99 Å². The fourth-order valence-electron chi connectivity index (χ4n) is 2.26. The van der Waals surface area contributed by atoms with Crippen LogP contribution in [0.2, 0.25) is 5.02 Å². The number of hydrogen-bond acceptors (Lipinski definition) is 3. The Labute approximate surface area is 110 Å². The fraction of sp³-hybridized carbons (Fsp3) is 0.385. The number of halogens is 1. The van der Waals surface area contributed by atoms with Crippen molar-refractivity contribution in [2.75, 3.05) is 13.1 Å². The Balaban J connectivity index is 1.89. The molecule has 1 aromatic rings. The molecule has 3 rings (SSSR count). The highest BCUT2D eigenvalue weighted by atomic mass is 35.5. The number of nitrogens with zero attached hydrogens (tertiary/aromatic N) is 1. The second kappa shape index (κ2) is 4.71. The predicted molar refractivity (Wildman–Crippen MR) is 69.9 cm³/mol. The van der Waals surface area contributed by atoms with Gasteiger partial charge in [0.15, 0.2) is 0 Å². The molecule has 1 amide bonds. The molecule has 0 radical (unpaired) electrons. The summed E-state index contributed by atoms with van der Waals surface area (Å²) in [6.45, 7) is 1.81. The van der Waals surface area contributed by atoms with Crippen LogP contribution in [-0.2, 0) is 6.42 Å². The molecule has 1 atom stereocenters. The van der Waals surface area contributed by atoms with Crippen LogP contribution in [0.1, 0.15) is 22.3 Å². The van der Waals surface area contributed by atoms with Crippen LogP contribution in [0, 0.1) is 0 Å². The minimum atomic E-state index is -0.229. The average Bonchev–Trinajstić information content (AvgIpc) is 2.84. The van der Waals surface area contributed by atoms with Gasteiger partial charge in [-0.1, -0.05) is 11.6 Å². The van der Waals surface area contributed by atoms with Crippen LogP contribution in [0.25, 0.3) is 0 Å². The summed E-state index contributed by atoms with van der Waals surface area (Å²) in [7, 11) is 0. The SMILES string of the molecule is O=C1N=CCc2cc(O[C@H]3CCNC3)c(Cl)cc21. The summed E-state index contributed by atoms with van der Waals surface area (Å²) in [6.07, 6.45) is 3.42. The van der Waals surface area contributed by atoms with Crippen molar-refractivity contribution in [3.63, 3.8) is 0 Å². The monoisotopic (exact) mass is 264 g/mol. The summed E-state index contributed by atoms with van der Waals surface area (Å²) in [4.78, 5) is 15.4. The van der Waals surface area contributed by atoms with Gasteiger partial charge in [0.1, 0.15) is 11.9 Å². The minimum absolute atomic E-state index is 0.161. The Hall–Kier alpha value is -1.39. The van der Waals surface area contributed by atoms with E-state index in [1.54, 1.807) is 12.3 Å². The van der Waals surface area contributed by atoms with E-state index in [4.69, 9.17) is 16.3 Å². The summed E-state index contributed by atoms with van der Waals surface area (Å²) in [5, 5.41) is 3.72. The van der Waals surface area contributed by atoms with E-state index in [1.165, 1.54) is 0 Å². The van der Waals surface area contributed by atoms with Crippen LogP contribution >= 0.6 is 11.6 Å². The number of amides is 1. The van der Waals surface area contributed by atoms with Crippen LogP contribution in [-0.4, -0.2) is 31.3 Å². The van der Waals surface area contributed by atoms with Gasteiger partial charge in [-0.3, -0.25) is 4.79 Å². The molecule has 2 heterocycles. The van der Waals surface area contributed by atoms with Gasteiger partial charge in [-0.2, -0.15) is 0 Å². The molecule has 4 nitrogen and oxygen atoms in total. The molecule has 0 spiro atoms. The van der Waals surface area contributed by atoms with Gasteiger partial charge in [-0.15, -0.1) is 0 Å². The van der Waals surface area contributed by atoms with E-state index in [2.05, 4.69) is 10.3 Å². The van der Waals surface area contributed by atoms with Crippen LogP contribution in [0.5, 0.6) is 5.75 Å². The lowest BCUT2D eigenvalue weighted by Crippen LogP contribution is -2.20. The Kier molecular flexibility index (Phi) is 3.06. The van der Waals surface area contributed by atoms with Gasteiger partial charge < -0.3 is 10.1 Å². The average molecular weight is 265 g/mol. The quantitative estimate of drug-likeness (QED) is 0.887. The maximum Gasteiger partial charge on any atom is 0.276 e. The zero-order valence-corrected chi connectivity index (χ0v) is 10.5. The summed E-state index contributed by atoms with van der Waals surface area (Å²) >= 11 is 6.16. The molecule has 2 aliphatic heterocycles. The van der Waals surface area contributed by atoms with Crippen molar-refractivity contribution >= 4 is 23.7 Å². The number of hydrogen-bond donors (Lipinski definition) is 1. The van der Waals surface area contributed by atoms with Gasteiger partial charge in [0.25, 0.3) is 5.91 Å². The number of fused-ring (bicyclic) bond motifs is 1. The number of nitrogens with one attached hydrogen (secondary N) is 1. The first-order chi connectivity index (χ1) is 8.74. The van der Waals surface area contributed by atoms with E-state index in [1.807, 2.05) is 6.07 Å². The first kappa shape index (κ1) is 11.7. The van der Waals surface area contributed by atoms with E-state index in [9.17, 15) is 4.79 Å².